The zero-order chi connectivity index (χ0) is 24.8. The number of carbonyl (C=O) groups is 3. The quantitative estimate of drug-likeness (QED) is 0.504. The third-order valence-electron chi connectivity index (χ3n) is 6.97. The Morgan fingerprint density at radius 2 is 1.63 bits per heavy atom. The lowest BCUT2D eigenvalue weighted by Gasteiger charge is -2.32. The average Bonchev–Trinajstić information content (AvgIpc) is 3.17. The van der Waals surface area contributed by atoms with E-state index in [-0.39, 0.29) is 43.4 Å². The van der Waals surface area contributed by atoms with Gasteiger partial charge in [-0.25, -0.2) is 9.59 Å². The molecule has 0 aliphatic heterocycles. The van der Waals surface area contributed by atoms with Crippen molar-refractivity contribution < 1.29 is 29.0 Å². The molecule has 0 bridgehead atoms. The number of alkyl carbamates (subject to hydrolysis) is 1. The molecule has 186 valence electrons. The van der Waals surface area contributed by atoms with Gasteiger partial charge in [0.15, 0.2) is 6.04 Å². The summed E-state index contributed by atoms with van der Waals surface area (Å²) in [4.78, 5) is 36.5. The summed E-state index contributed by atoms with van der Waals surface area (Å²) >= 11 is 0. The van der Waals surface area contributed by atoms with Crippen LogP contribution >= 0.6 is 0 Å². The van der Waals surface area contributed by atoms with Crippen LogP contribution in [0, 0.1) is 5.92 Å². The zero-order valence-corrected chi connectivity index (χ0v) is 19.9. The van der Waals surface area contributed by atoms with Crippen molar-refractivity contribution in [2.45, 2.75) is 50.1 Å². The van der Waals surface area contributed by atoms with Crippen LogP contribution in [0.25, 0.3) is 11.1 Å². The monoisotopic (exact) mass is 480 g/mol. The molecule has 1 fully saturated rings. The fourth-order valence-electron chi connectivity index (χ4n) is 5.27. The number of fused-ring (bicyclic) bond motifs is 3. The Morgan fingerprint density at radius 3 is 2.26 bits per heavy atom. The molecule has 8 heteroatoms. The van der Waals surface area contributed by atoms with Gasteiger partial charge >= 0.3 is 12.1 Å². The van der Waals surface area contributed by atoms with E-state index in [1.165, 1.54) is 18.2 Å². The van der Waals surface area contributed by atoms with Gasteiger partial charge < -0.3 is 25.2 Å². The van der Waals surface area contributed by atoms with Crippen molar-refractivity contribution in [3.63, 3.8) is 0 Å². The highest BCUT2D eigenvalue weighted by Crippen LogP contribution is 2.44. The Balaban J connectivity index is 1.34. The van der Waals surface area contributed by atoms with E-state index >= 15 is 0 Å². The van der Waals surface area contributed by atoms with Crippen molar-refractivity contribution in [3.8, 4) is 11.1 Å². The van der Waals surface area contributed by atoms with Crippen molar-refractivity contribution in [2.24, 2.45) is 5.92 Å². The molecule has 2 aliphatic carbocycles. The molecule has 1 unspecified atom stereocenters. The fourth-order valence-corrected chi connectivity index (χ4v) is 5.27. The van der Waals surface area contributed by atoms with E-state index < -0.39 is 18.1 Å². The van der Waals surface area contributed by atoms with Gasteiger partial charge in [-0.2, -0.15) is 0 Å². The summed E-state index contributed by atoms with van der Waals surface area (Å²) in [5.41, 5.74) is 4.64. The minimum Gasteiger partial charge on any atom is -0.480 e. The smallest absolute Gasteiger partial charge is 0.407 e. The van der Waals surface area contributed by atoms with Gasteiger partial charge in [0.2, 0.25) is 5.91 Å². The molecule has 8 nitrogen and oxygen atoms in total. The lowest BCUT2D eigenvalue weighted by Crippen LogP contribution is -2.47. The van der Waals surface area contributed by atoms with E-state index in [9.17, 15) is 19.5 Å². The number of benzene rings is 2. The van der Waals surface area contributed by atoms with Crippen LogP contribution in [0.4, 0.5) is 4.79 Å². The second-order valence-corrected chi connectivity index (χ2v) is 9.24. The van der Waals surface area contributed by atoms with Gasteiger partial charge in [-0.3, -0.25) is 4.79 Å². The van der Waals surface area contributed by atoms with E-state index in [4.69, 9.17) is 9.47 Å². The van der Waals surface area contributed by atoms with Crippen molar-refractivity contribution >= 4 is 18.0 Å². The van der Waals surface area contributed by atoms with E-state index in [1.54, 1.807) is 0 Å². The number of amides is 2. The molecule has 0 radical (unpaired) electrons. The number of aliphatic carboxylic acids is 1. The summed E-state index contributed by atoms with van der Waals surface area (Å²) in [6.07, 6.45) is 3.09. The van der Waals surface area contributed by atoms with E-state index in [0.717, 1.165) is 36.8 Å². The van der Waals surface area contributed by atoms with Gasteiger partial charge in [-0.05, 0) is 41.0 Å². The maximum absolute atomic E-state index is 12.7. The van der Waals surface area contributed by atoms with Gasteiger partial charge in [-0.1, -0.05) is 61.4 Å². The first-order chi connectivity index (χ1) is 17.0. The Labute approximate surface area is 205 Å². The van der Waals surface area contributed by atoms with E-state index in [0.29, 0.717) is 0 Å². The standard InChI is InChI=1S/C27H32N2O6/c1-34-16-24(26(31)32)28-25(30)14-17-8-2-7-13-23(17)29-27(33)35-15-22-20-11-5-3-9-18(20)19-10-4-6-12-21(19)22/h3-6,9-12,17,22-24H,2,7-8,13-16H2,1H3,(H,28,30)(H,29,33)(H,31,32)/t17-,23-,24?/m0/s1. The van der Waals surface area contributed by atoms with Gasteiger partial charge in [0.25, 0.3) is 0 Å². The minimum absolute atomic E-state index is 0.0187. The van der Waals surface area contributed by atoms with E-state index in [2.05, 4.69) is 34.9 Å². The van der Waals surface area contributed by atoms with Crippen molar-refractivity contribution in [2.75, 3.05) is 20.3 Å². The number of nitrogens with one attached hydrogen (secondary N) is 2. The first kappa shape index (κ1) is 24.7. The summed E-state index contributed by atoms with van der Waals surface area (Å²) < 4.78 is 10.6. The zero-order valence-electron chi connectivity index (χ0n) is 19.9. The molecule has 0 aromatic heterocycles. The lowest BCUT2D eigenvalue weighted by atomic mass is 9.82. The number of methoxy groups -OCH3 is 1. The van der Waals surface area contributed by atoms with Crippen LogP contribution in [-0.4, -0.2) is 55.5 Å². The van der Waals surface area contributed by atoms with Crippen LogP contribution in [0.2, 0.25) is 0 Å². The molecule has 2 amide bonds. The van der Waals surface area contributed by atoms with Crippen molar-refractivity contribution in [1.82, 2.24) is 10.6 Å². The highest BCUT2D eigenvalue weighted by atomic mass is 16.5. The Kier molecular flexibility index (Phi) is 8.02. The highest BCUT2D eigenvalue weighted by molar-refractivity contribution is 5.84. The maximum atomic E-state index is 12.7. The Bertz CT molecular complexity index is 1030. The third kappa shape index (κ3) is 5.82. The summed E-state index contributed by atoms with van der Waals surface area (Å²) in [6, 6.07) is 15.1. The first-order valence-electron chi connectivity index (χ1n) is 12.1. The van der Waals surface area contributed by atoms with Crippen LogP contribution in [0.15, 0.2) is 48.5 Å². The van der Waals surface area contributed by atoms with Gasteiger partial charge in [0.1, 0.15) is 6.61 Å². The minimum atomic E-state index is -1.14. The van der Waals surface area contributed by atoms with E-state index in [1.807, 2.05) is 24.3 Å². The number of hydrogen-bond acceptors (Lipinski definition) is 5. The third-order valence-corrected chi connectivity index (χ3v) is 6.97. The normalized spacial score (nSPS) is 19.8. The van der Waals surface area contributed by atoms with Gasteiger partial charge in [-0.15, -0.1) is 0 Å². The second kappa shape index (κ2) is 11.4. The molecule has 35 heavy (non-hydrogen) atoms. The SMILES string of the molecule is COCC(NC(=O)C[C@@H]1CCCC[C@@H]1NC(=O)OCC1c2ccccc2-c2ccccc21)C(=O)O. The largest absolute Gasteiger partial charge is 0.480 e. The predicted molar refractivity (Wildman–Crippen MR) is 130 cm³/mol. The fraction of sp³-hybridized carbons (Fsp3) is 0.444. The number of carbonyl (C=O) groups excluding carboxylic acids is 2. The summed E-state index contributed by atoms with van der Waals surface area (Å²) in [5.74, 6) is -1.60. The first-order valence-corrected chi connectivity index (χ1v) is 12.1. The molecule has 3 N–H and O–H groups in total. The summed E-state index contributed by atoms with van der Waals surface area (Å²) in [7, 11) is 1.39. The second-order valence-electron chi connectivity index (χ2n) is 9.24. The lowest BCUT2D eigenvalue weighted by molar-refractivity contribution is -0.143. The molecule has 0 heterocycles. The summed E-state index contributed by atoms with van der Waals surface area (Å²) in [6.45, 7) is 0.127. The van der Waals surface area contributed by atoms with Crippen LogP contribution in [0.5, 0.6) is 0 Å². The molecule has 4 rings (SSSR count). The van der Waals surface area contributed by atoms with Crippen molar-refractivity contribution in [3.05, 3.63) is 59.7 Å². The molecule has 1 saturated carbocycles. The molecule has 2 aliphatic rings. The number of hydrogen-bond donors (Lipinski definition) is 3. The van der Waals surface area contributed by atoms with Crippen LogP contribution in [0.1, 0.15) is 49.1 Å². The Hall–Kier alpha value is -3.39. The van der Waals surface area contributed by atoms with Crippen molar-refractivity contribution in [1.29, 1.82) is 0 Å². The maximum Gasteiger partial charge on any atom is 0.407 e. The van der Waals surface area contributed by atoms with Crippen LogP contribution < -0.4 is 10.6 Å². The molecule has 2 aromatic rings. The number of carboxylic acids is 1. The van der Waals surface area contributed by atoms with Crippen LogP contribution in [0.3, 0.4) is 0 Å². The predicted octanol–water partition coefficient (Wildman–Crippen LogP) is 3.69. The molecule has 2 aromatic carbocycles. The topological polar surface area (TPSA) is 114 Å². The van der Waals surface area contributed by atoms with Gasteiger partial charge in [0.05, 0.1) is 6.61 Å². The molecular formula is C27H32N2O6. The van der Waals surface area contributed by atoms with Crippen LogP contribution in [-0.2, 0) is 19.1 Å². The molecule has 3 atom stereocenters. The average molecular weight is 481 g/mol. The molecule has 0 spiro atoms. The number of carboxylic acid groups (broad SMARTS) is 1. The van der Waals surface area contributed by atoms with Gasteiger partial charge in [0, 0.05) is 25.5 Å². The number of ether oxygens (including phenoxy) is 2. The summed E-state index contributed by atoms with van der Waals surface area (Å²) in [5, 5.41) is 14.7. The highest BCUT2D eigenvalue weighted by Gasteiger charge is 2.32. The molecule has 0 saturated heterocycles. The molecular weight excluding hydrogens is 448 g/mol. The number of rotatable bonds is 9. The Morgan fingerprint density at radius 1 is 1.00 bits per heavy atom.